The van der Waals surface area contributed by atoms with Gasteiger partial charge in [-0.25, -0.2) is 4.39 Å². The monoisotopic (exact) mass is 356 g/mol. The minimum atomic E-state index is -0.289. The summed E-state index contributed by atoms with van der Waals surface area (Å²) < 4.78 is 13.7. The van der Waals surface area contributed by atoms with Crippen LogP contribution in [0.25, 0.3) is 0 Å². The molecule has 0 spiro atoms. The van der Waals surface area contributed by atoms with Crippen LogP contribution in [-0.2, 0) is 0 Å². The summed E-state index contributed by atoms with van der Waals surface area (Å²) in [6, 6.07) is 10.5. The lowest BCUT2D eigenvalue weighted by Gasteiger charge is -2.19. The zero-order chi connectivity index (χ0) is 14.7. The lowest BCUT2D eigenvalue weighted by molar-refractivity contribution is 0.619. The summed E-state index contributed by atoms with van der Waals surface area (Å²) in [5, 5.41) is 4.01. The number of nitrogens with one attached hydrogen (secondary N) is 1. The van der Waals surface area contributed by atoms with E-state index in [1.165, 1.54) is 6.07 Å². The van der Waals surface area contributed by atoms with Crippen molar-refractivity contribution in [2.24, 2.45) is 5.73 Å². The predicted molar refractivity (Wildman–Crippen MR) is 85.7 cm³/mol. The van der Waals surface area contributed by atoms with Gasteiger partial charge in [0.15, 0.2) is 0 Å². The molecule has 0 bridgehead atoms. The largest absolute Gasteiger partial charge is 0.377 e. The molecule has 0 fully saturated rings. The van der Waals surface area contributed by atoms with Crippen molar-refractivity contribution >= 4 is 33.2 Å². The molecule has 0 radical (unpaired) electrons. The highest BCUT2D eigenvalue weighted by Gasteiger charge is 2.12. The number of halogens is 3. The molecule has 0 aliphatic carbocycles. The van der Waals surface area contributed by atoms with E-state index in [9.17, 15) is 4.39 Å². The molecule has 0 saturated carbocycles. The number of anilines is 1. The Balaban J connectivity index is 2.23. The fraction of sp³-hybridized carbons (Fsp3) is 0.200. The maximum Gasteiger partial charge on any atom is 0.137 e. The Hall–Kier alpha value is -1.10. The van der Waals surface area contributed by atoms with Crippen LogP contribution in [-0.4, -0.2) is 6.54 Å². The average molecular weight is 358 g/mol. The highest BCUT2D eigenvalue weighted by Crippen LogP contribution is 2.26. The van der Waals surface area contributed by atoms with Gasteiger partial charge in [0.1, 0.15) is 5.82 Å². The lowest BCUT2D eigenvalue weighted by atomic mass is 10.1. The normalized spacial score (nSPS) is 12.2. The van der Waals surface area contributed by atoms with Crippen LogP contribution >= 0.6 is 27.5 Å². The quantitative estimate of drug-likeness (QED) is 0.835. The number of aryl methyl sites for hydroxylation is 1. The standard InChI is InChI=1S/C15H15BrClFN2/c1-9-2-4-11(7-13(9)17)20-15(8-19)10-3-5-14(18)12(16)6-10/h2-7,15,20H,8,19H2,1H3. The summed E-state index contributed by atoms with van der Waals surface area (Å²) >= 11 is 9.29. The van der Waals surface area contributed by atoms with E-state index in [0.717, 1.165) is 16.8 Å². The van der Waals surface area contributed by atoms with Crippen molar-refractivity contribution in [3.05, 3.63) is 62.8 Å². The molecule has 2 aromatic carbocycles. The smallest absolute Gasteiger partial charge is 0.137 e. The Bertz CT molecular complexity index is 619. The van der Waals surface area contributed by atoms with Crippen molar-refractivity contribution in [1.82, 2.24) is 0 Å². The van der Waals surface area contributed by atoms with Gasteiger partial charge in [0.2, 0.25) is 0 Å². The summed E-state index contributed by atoms with van der Waals surface area (Å²) in [7, 11) is 0. The molecular formula is C15H15BrClFN2. The van der Waals surface area contributed by atoms with Crippen LogP contribution in [0.1, 0.15) is 17.2 Å². The highest BCUT2D eigenvalue weighted by atomic mass is 79.9. The van der Waals surface area contributed by atoms with Crippen LogP contribution in [0.3, 0.4) is 0 Å². The SMILES string of the molecule is Cc1ccc(NC(CN)c2ccc(F)c(Br)c2)cc1Cl. The van der Waals surface area contributed by atoms with E-state index in [4.69, 9.17) is 17.3 Å². The van der Waals surface area contributed by atoms with Gasteiger partial charge in [0, 0.05) is 17.3 Å². The minimum absolute atomic E-state index is 0.106. The topological polar surface area (TPSA) is 38.0 Å². The Morgan fingerprint density at radius 1 is 1.30 bits per heavy atom. The molecule has 2 nitrogen and oxygen atoms in total. The van der Waals surface area contributed by atoms with Gasteiger partial charge in [-0.05, 0) is 58.2 Å². The molecule has 5 heteroatoms. The van der Waals surface area contributed by atoms with E-state index in [0.29, 0.717) is 16.0 Å². The van der Waals surface area contributed by atoms with Gasteiger partial charge >= 0.3 is 0 Å². The zero-order valence-corrected chi connectivity index (χ0v) is 13.3. The molecule has 0 aliphatic heterocycles. The van der Waals surface area contributed by atoms with Gasteiger partial charge in [-0.1, -0.05) is 23.7 Å². The molecule has 3 N–H and O–H groups in total. The van der Waals surface area contributed by atoms with E-state index < -0.39 is 0 Å². The van der Waals surface area contributed by atoms with Gasteiger partial charge in [0.05, 0.1) is 10.5 Å². The first-order chi connectivity index (χ1) is 9.51. The van der Waals surface area contributed by atoms with E-state index >= 15 is 0 Å². The number of rotatable bonds is 4. The predicted octanol–water partition coefficient (Wildman–Crippen LogP) is 4.66. The molecule has 106 valence electrons. The Morgan fingerprint density at radius 2 is 2.05 bits per heavy atom. The number of hydrogen-bond acceptors (Lipinski definition) is 2. The Morgan fingerprint density at radius 3 is 2.65 bits per heavy atom. The van der Waals surface area contributed by atoms with Crippen molar-refractivity contribution in [3.8, 4) is 0 Å². The zero-order valence-electron chi connectivity index (χ0n) is 11.0. The molecule has 20 heavy (non-hydrogen) atoms. The van der Waals surface area contributed by atoms with Crippen molar-refractivity contribution in [1.29, 1.82) is 0 Å². The molecule has 1 unspecified atom stereocenters. The highest BCUT2D eigenvalue weighted by molar-refractivity contribution is 9.10. The molecule has 0 amide bonds. The van der Waals surface area contributed by atoms with Crippen molar-refractivity contribution < 1.29 is 4.39 Å². The maximum atomic E-state index is 13.3. The van der Waals surface area contributed by atoms with Crippen LogP contribution in [0.15, 0.2) is 40.9 Å². The molecule has 0 aromatic heterocycles. The number of benzene rings is 2. The molecule has 1 atom stereocenters. The average Bonchev–Trinajstić information content (AvgIpc) is 2.43. The maximum absolute atomic E-state index is 13.3. The molecular weight excluding hydrogens is 343 g/mol. The van der Waals surface area contributed by atoms with Gasteiger partial charge in [-0.3, -0.25) is 0 Å². The summed E-state index contributed by atoms with van der Waals surface area (Å²) in [5.74, 6) is -0.289. The Labute approximate surface area is 131 Å². The third-order valence-electron chi connectivity index (χ3n) is 3.09. The summed E-state index contributed by atoms with van der Waals surface area (Å²) in [6.07, 6.45) is 0. The van der Waals surface area contributed by atoms with Crippen LogP contribution in [0, 0.1) is 12.7 Å². The number of hydrogen-bond donors (Lipinski definition) is 2. The first-order valence-electron chi connectivity index (χ1n) is 6.19. The molecule has 0 aliphatic rings. The second-order valence-corrected chi connectivity index (χ2v) is 5.83. The summed E-state index contributed by atoms with van der Waals surface area (Å²) in [5.41, 5.74) is 8.62. The van der Waals surface area contributed by atoms with Crippen LogP contribution in [0.4, 0.5) is 10.1 Å². The number of nitrogens with two attached hydrogens (primary N) is 1. The van der Waals surface area contributed by atoms with Gasteiger partial charge in [-0.2, -0.15) is 0 Å². The van der Waals surface area contributed by atoms with Crippen LogP contribution < -0.4 is 11.1 Å². The fourth-order valence-corrected chi connectivity index (χ4v) is 2.47. The second kappa shape index (κ2) is 6.57. The first kappa shape index (κ1) is 15.3. The lowest BCUT2D eigenvalue weighted by Crippen LogP contribution is -2.20. The summed E-state index contributed by atoms with van der Waals surface area (Å²) in [6.45, 7) is 2.34. The van der Waals surface area contributed by atoms with Crippen molar-refractivity contribution in [3.63, 3.8) is 0 Å². The molecule has 2 aromatic rings. The molecule has 2 rings (SSSR count). The van der Waals surface area contributed by atoms with E-state index in [1.54, 1.807) is 12.1 Å². The van der Waals surface area contributed by atoms with Crippen LogP contribution in [0.2, 0.25) is 5.02 Å². The van der Waals surface area contributed by atoms with E-state index in [1.807, 2.05) is 25.1 Å². The van der Waals surface area contributed by atoms with Crippen molar-refractivity contribution in [2.75, 3.05) is 11.9 Å². The fourth-order valence-electron chi connectivity index (χ4n) is 1.89. The van der Waals surface area contributed by atoms with Gasteiger partial charge < -0.3 is 11.1 Å². The molecule has 0 saturated heterocycles. The van der Waals surface area contributed by atoms with Crippen molar-refractivity contribution in [2.45, 2.75) is 13.0 Å². The van der Waals surface area contributed by atoms with Crippen LogP contribution in [0.5, 0.6) is 0 Å². The Kier molecular flexibility index (Phi) is 5.02. The van der Waals surface area contributed by atoms with E-state index in [2.05, 4.69) is 21.2 Å². The molecule has 0 heterocycles. The first-order valence-corrected chi connectivity index (χ1v) is 7.36. The van der Waals surface area contributed by atoms with Gasteiger partial charge in [-0.15, -0.1) is 0 Å². The van der Waals surface area contributed by atoms with E-state index in [-0.39, 0.29) is 11.9 Å². The summed E-state index contributed by atoms with van der Waals surface area (Å²) in [4.78, 5) is 0. The third-order valence-corrected chi connectivity index (χ3v) is 4.11. The van der Waals surface area contributed by atoms with Gasteiger partial charge in [0.25, 0.3) is 0 Å². The third kappa shape index (κ3) is 3.51. The second-order valence-electron chi connectivity index (χ2n) is 4.57. The minimum Gasteiger partial charge on any atom is -0.377 e.